The van der Waals surface area contributed by atoms with Crippen LogP contribution < -0.4 is 0 Å². The van der Waals surface area contributed by atoms with Crippen LogP contribution >= 0.6 is 0 Å². The average molecular weight is 1230 g/mol. The van der Waals surface area contributed by atoms with Crippen molar-refractivity contribution in [3.8, 4) is 0 Å². The number of ether oxygens (including phenoxy) is 6. The van der Waals surface area contributed by atoms with Crippen LogP contribution in [0.25, 0.3) is 0 Å². The maximum Gasteiger partial charge on any atom is 0.311 e. The fourth-order valence-corrected chi connectivity index (χ4v) is 13.9. The fraction of sp³-hybridized carbons (Fsp3) is 0.967. The van der Waals surface area contributed by atoms with E-state index >= 15 is 0 Å². The summed E-state index contributed by atoms with van der Waals surface area (Å²) in [4.78, 5) is 28.5. The standard InChI is InChI=1S/C30H58N2O11.C30H58N2O10/c1-12-22-30(8,38)25(35)20(6)32(11,40)15-16(2)14-29(7,37)26(18(4)23(33)19(5)27(36)42-22)43-28-24(34)21(31(9,10)39)13-17(3)41-28;1-12-22-30(8,38)25(35)20(6)31(9)15-16(2)14-29(7,37)26(18(4)23(33)19(5)27(36)41-22)42-28-24(34)21(32(10,11)39)13-17(3)40-28/h16-26,28,33-35,37-38H,12-15H2,1-11H3;16-26,28,33-35,37-38H,12-15H2,1-11H3/t16-,17-,18+,19-,20-,21?,22-,23?,24-,25-,26-,28+,29-,30-,32?;16-,17-,18+,19-,20-,21?,22-,23?,24-,25-,26-,28+,29-,30-/m11/s1. The van der Waals surface area contributed by atoms with Crippen LogP contribution in [0.4, 0.5) is 0 Å². The van der Waals surface area contributed by atoms with E-state index in [1.54, 1.807) is 69.4 Å². The van der Waals surface area contributed by atoms with Crippen molar-refractivity contribution in [2.45, 2.75) is 282 Å². The Balaban J connectivity index is 0.000000445. The van der Waals surface area contributed by atoms with E-state index < -0.39 is 188 Å². The molecule has 25 heteroatoms. The summed E-state index contributed by atoms with van der Waals surface area (Å²) in [6.07, 6.45) is -15.1. The molecule has 29 atom stereocenters. The molecular formula is C60H116N4O21. The summed E-state index contributed by atoms with van der Waals surface area (Å²) < 4.78 is 33.2. The van der Waals surface area contributed by atoms with Crippen LogP contribution in [0.2, 0.25) is 0 Å². The number of rotatable bonds is 8. The van der Waals surface area contributed by atoms with Gasteiger partial charge in [0.25, 0.3) is 0 Å². The van der Waals surface area contributed by atoms with Gasteiger partial charge in [-0.25, -0.2) is 0 Å². The Labute approximate surface area is 506 Å². The summed E-state index contributed by atoms with van der Waals surface area (Å²) in [5.41, 5.74) is -7.04. The molecule has 4 rings (SSSR count). The van der Waals surface area contributed by atoms with Gasteiger partial charge in [-0.1, -0.05) is 41.5 Å². The Hall–Kier alpha value is -1.90. The van der Waals surface area contributed by atoms with Gasteiger partial charge >= 0.3 is 11.9 Å². The van der Waals surface area contributed by atoms with Crippen molar-refractivity contribution >= 4 is 11.9 Å². The molecule has 0 spiro atoms. The quantitative estimate of drug-likeness (QED) is 0.0719. The second-order valence-corrected chi connectivity index (χ2v) is 28.6. The van der Waals surface area contributed by atoms with Crippen molar-refractivity contribution in [3.63, 3.8) is 0 Å². The van der Waals surface area contributed by atoms with Crippen LogP contribution in [-0.2, 0) is 38.0 Å². The minimum Gasteiger partial charge on any atom is -0.633 e. The fourth-order valence-electron chi connectivity index (χ4n) is 13.9. The Morgan fingerprint density at radius 3 is 1.28 bits per heavy atom. The summed E-state index contributed by atoms with van der Waals surface area (Å²) in [5.74, 6) is -6.25. The molecular weight excluding hydrogens is 1110 g/mol. The van der Waals surface area contributed by atoms with Crippen molar-refractivity contribution in [2.24, 2.45) is 35.5 Å². The Kier molecular flexibility index (Phi) is 26.9. The van der Waals surface area contributed by atoms with Gasteiger partial charge in [-0.05, 0) is 108 Å². The number of cyclic esters (lactones) is 2. The Morgan fingerprint density at radius 2 is 0.941 bits per heavy atom. The monoisotopic (exact) mass is 1230 g/mol. The van der Waals surface area contributed by atoms with Crippen molar-refractivity contribution < 1.29 is 103 Å². The number of nitrogens with zero attached hydrogens (tertiary/aromatic N) is 4. The number of hydroxylamine groups is 9. The maximum absolute atomic E-state index is 13.8. The number of aliphatic hydroxyl groups is 10. The minimum atomic E-state index is -1.97. The van der Waals surface area contributed by atoms with E-state index in [2.05, 4.69) is 0 Å². The summed E-state index contributed by atoms with van der Waals surface area (Å²) >= 11 is 0. The third-order valence-electron chi connectivity index (χ3n) is 19.4. The number of hydrogen-bond donors (Lipinski definition) is 10. The topological polar surface area (TPSA) is 364 Å². The molecule has 0 aromatic rings. The third-order valence-corrected chi connectivity index (χ3v) is 19.4. The van der Waals surface area contributed by atoms with Gasteiger partial charge in [0.15, 0.2) is 24.8 Å². The first-order valence-corrected chi connectivity index (χ1v) is 30.8. The van der Waals surface area contributed by atoms with E-state index in [4.69, 9.17) is 28.4 Å². The molecule has 0 saturated carbocycles. The van der Waals surface area contributed by atoms with Gasteiger partial charge in [0.05, 0.1) is 101 Å². The molecule has 502 valence electrons. The van der Waals surface area contributed by atoms with Crippen LogP contribution in [0.15, 0.2) is 0 Å². The molecule has 0 amide bonds. The highest BCUT2D eigenvalue weighted by Crippen LogP contribution is 2.40. The van der Waals surface area contributed by atoms with Gasteiger partial charge < -0.3 is 114 Å². The highest BCUT2D eigenvalue weighted by molar-refractivity contribution is 5.73. The Bertz CT molecular complexity index is 2090. The van der Waals surface area contributed by atoms with Crippen LogP contribution in [0, 0.1) is 51.1 Å². The normalized spacial score (nSPS) is 48.9. The zero-order valence-corrected chi connectivity index (χ0v) is 55.3. The van der Waals surface area contributed by atoms with E-state index in [0.717, 1.165) is 0 Å². The smallest absolute Gasteiger partial charge is 0.311 e. The van der Waals surface area contributed by atoms with Gasteiger partial charge in [-0.2, -0.15) is 0 Å². The van der Waals surface area contributed by atoms with Gasteiger partial charge in [-0.3, -0.25) is 9.59 Å². The molecule has 85 heavy (non-hydrogen) atoms. The lowest BCUT2D eigenvalue weighted by molar-refractivity contribution is -0.892. The first-order chi connectivity index (χ1) is 38.4. The molecule has 4 aliphatic rings. The zero-order valence-electron chi connectivity index (χ0n) is 55.3. The Morgan fingerprint density at radius 1 is 0.600 bits per heavy atom. The number of esters is 2. The average Bonchev–Trinajstić information content (AvgIpc) is 3.69. The molecule has 10 N–H and O–H groups in total. The van der Waals surface area contributed by atoms with Crippen LogP contribution in [0.5, 0.6) is 0 Å². The lowest BCUT2D eigenvalue weighted by atomic mass is 9.78. The van der Waals surface area contributed by atoms with E-state index in [9.17, 15) is 76.3 Å². The number of likely N-dealkylation sites (N-methyl/N-ethyl adjacent to an activating group) is 4. The SMILES string of the molecule is CC[C@H]1OC(=O)[C@H](C)C(O)[C@H](C)[C@@H](O[C@@H]2O[C@H](C)CC([N+](C)(C)[O-])[C@H]2O)[C@](C)(O)C[C@@H](C)CN(C)[C@H](C)[C@@H](O)[C@]1(C)O.CC[C@H]1OC(=O)[C@H](C)C(O)[C@H](C)[C@@H](O[C@@H]2O[C@H](C)CC([N+](C)(C)[O-])[C@H]2O)[C@](C)(O)C[C@@H](C)C[N+](C)([O-])[C@H](C)[C@@H](O)[C@]1(C)O. The van der Waals surface area contributed by atoms with Gasteiger partial charge in [0.1, 0.15) is 53.7 Å². The molecule has 0 aliphatic carbocycles. The molecule has 4 aliphatic heterocycles. The largest absolute Gasteiger partial charge is 0.633 e. The molecule has 0 aromatic carbocycles. The number of carbonyl (C=O) groups is 2. The molecule has 4 fully saturated rings. The molecule has 25 nitrogen and oxygen atoms in total. The maximum atomic E-state index is 13.8. The number of quaternary nitrogens is 3. The summed E-state index contributed by atoms with van der Waals surface area (Å²) in [5, 5.41) is 153. The molecule has 5 unspecified atom stereocenters. The first kappa shape index (κ1) is 77.3. The predicted molar refractivity (Wildman–Crippen MR) is 315 cm³/mol. The zero-order chi connectivity index (χ0) is 66.0. The lowest BCUT2D eigenvalue weighted by Gasteiger charge is -2.51. The van der Waals surface area contributed by atoms with Gasteiger partial charge in [-0.15, -0.1) is 0 Å². The summed E-state index contributed by atoms with van der Waals surface area (Å²) in [7, 11) is 8.90. The predicted octanol–water partition coefficient (Wildman–Crippen LogP) is 1.99. The van der Waals surface area contributed by atoms with E-state index in [0.29, 0.717) is 13.0 Å². The van der Waals surface area contributed by atoms with Crippen LogP contribution in [0.1, 0.15) is 149 Å². The second-order valence-electron chi connectivity index (χ2n) is 28.6. The van der Waals surface area contributed by atoms with Crippen LogP contribution in [0.3, 0.4) is 0 Å². The van der Waals surface area contributed by atoms with Gasteiger partial charge in [0, 0.05) is 43.2 Å². The van der Waals surface area contributed by atoms with E-state index in [-0.39, 0.29) is 44.6 Å². The highest BCUT2D eigenvalue weighted by Gasteiger charge is 2.54. The molecule has 0 radical (unpaired) electrons. The summed E-state index contributed by atoms with van der Waals surface area (Å²) in [6.45, 7) is 26.3. The van der Waals surface area contributed by atoms with Crippen molar-refractivity contribution in [2.75, 3.05) is 55.4 Å². The van der Waals surface area contributed by atoms with Crippen molar-refractivity contribution in [3.05, 3.63) is 15.6 Å². The first-order valence-electron chi connectivity index (χ1n) is 30.8. The van der Waals surface area contributed by atoms with E-state index in [1.807, 2.05) is 11.8 Å². The van der Waals surface area contributed by atoms with Crippen LogP contribution in [-0.4, -0.2) is 270 Å². The minimum absolute atomic E-state index is 0.00529. The van der Waals surface area contributed by atoms with Crippen molar-refractivity contribution in [1.82, 2.24) is 4.90 Å². The lowest BCUT2D eigenvalue weighted by Crippen LogP contribution is -2.63. The highest BCUT2D eigenvalue weighted by atomic mass is 16.7. The molecule has 0 aromatic heterocycles. The molecule has 0 bridgehead atoms. The third kappa shape index (κ3) is 18.9. The van der Waals surface area contributed by atoms with Gasteiger partial charge in [0.2, 0.25) is 0 Å². The van der Waals surface area contributed by atoms with E-state index in [1.165, 1.54) is 76.8 Å². The number of hydrogen-bond acceptors (Lipinski definition) is 22. The second kappa shape index (κ2) is 29.6. The molecule has 4 saturated heterocycles. The van der Waals surface area contributed by atoms with Crippen molar-refractivity contribution in [1.29, 1.82) is 0 Å². The number of aliphatic hydroxyl groups excluding tert-OH is 6. The number of carbonyl (C=O) groups excluding carboxylic acids is 2. The summed E-state index contributed by atoms with van der Waals surface area (Å²) in [6, 6.07) is -3.08. The molecule has 4 heterocycles.